The van der Waals surface area contributed by atoms with Gasteiger partial charge in [-0.05, 0) is 12.8 Å². The molecule has 1 saturated carbocycles. The van der Waals surface area contributed by atoms with Crippen molar-refractivity contribution < 1.29 is 14.7 Å². The smallest absolute Gasteiger partial charge is 0.356 e. The molecule has 0 spiro atoms. The number of carbonyl (C=O) groups excluding carboxylic acids is 1. The van der Waals surface area contributed by atoms with Crippen LogP contribution in [-0.4, -0.2) is 39.6 Å². The average molecular weight is 294 g/mol. The first-order chi connectivity index (χ1) is 10.1. The van der Waals surface area contributed by atoms with E-state index in [0.717, 1.165) is 25.7 Å². The maximum absolute atomic E-state index is 12.3. The number of nitrogens with one attached hydrogen (secondary N) is 1. The second kappa shape index (κ2) is 6.71. The average Bonchev–Trinajstić information content (AvgIpc) is 2.97. The van der Waals surface area contributed by atoms with Crippen molar-refractivity contribution in [2.75, 3.05) is 13.1 Å². The molecule has 0 bridgehead atoms. The molecule has 1 aromatic heterocycles. The molecule has 1 fully saturated rings. The van der Waals surface area contributed by atoms with Crippen LogP contribution in [0.4, 0.5) is 0 Å². The molecule has 0 radical (unpaired) electrons. The van der Waals surface area contributed by atoms with Gasteiger partial charge in [-0.15, -0.1) is 0 Å². The Bertz CT molecular complexity index is 506. The van der Waals surface area contributed by atoms with Crippen LogP contribution in [-0.2, 0) is 11.3 Å². The van der Waals surface area contributed by atoms with Crippen molar-refractivity contribution in [2.45, 2.75) is 38.6 Å². The van der Waals surface area contributed by atoms with Crippen LogP contribution in [0.25, 0.3) is 0 Å². The Morgan fingerprint density at radius 1 is 1.38 bits per heavy atom. The van der Waals surface area contributed by atoms with E-state index in [1.807, 2.05) is 0 Å². The zero-order valence-corrected chi connectivity index (χ0v) is 12.0. The molecule has 0 aromatic carbocycles. The van der Waals surface area contributed by atoms with Gasteiger partial charge in [-0.25, -0.2) is 9.78 Å². The summed E-state index contributed by atoms with van der Waals surface area (Å²) in [4.78, 5) is 26.8. The molecule has 116 valence electrons. The lowest BCUT2D eigenvalue weighted by molar-refractivity contribution is -0.132. The molecular formula is C14H22N4O3. The lowest BCUT2D eigenvalue weighted by atomic mass is 9.73. The van der Waals surface area contributed by atoms with Gasteiger partial charge in [-0.1, -0.05) is 19.3 Å². The zero-order valence-electron chi connectivity index (χ0n) is 12.0. The van der Waals surface area contributed by atoms with Crippen LogP contribution in [0, 0.1) is 5.41 Å². The highest BCUT2D eigenvalue weighted by atomic mass is 16.4. The van der Waals surface area contributed by atoms with Crippen LogP contribution in [0.3, 0.4) is 0 Å². The summed E-state index contributed by atoms with van der Waals surface area (Å²) in [6.07, 6.45) is 7.88. The number of carboxylic acids is 1. The number of hydrogen-bond acceptors (Lipinski definition) is 4. The molecule has 1 heterocycles. The van der Waals surface area contributed by atoms with E-state index in [1.54, 1.807) is 4.57 Å². The number of aromatic carboxylic acids is 1. The third-order valence-electron chi connectivity index (χ3n) is 4.19. The van der Waals surface area contributed by atoms with Crippen LogP contribution in [0.1, 0.15) is 42.6 Å². The van der Waals surface area contributed by atoms with Crippen molar-refractivity contribution in [3.63, 3.8) is 0 Å². The summed E-state index contributed by atoms with van der Waals surface area (Å²) in [5.74, 6) is -1.04. The molecule has 1 amide bonds. The molecule has 7 nitrogen and oxygen atoms in total. The van der Waals surface area contributed by atoms with Crippen molar-refractivity contribution in [1.29, 1.82) is 0 Å². The summed E-state index contributed by atoms with van der Waals surface area (Å²) < 4.78 is 1.65. The SMILES string of the molecule is NCC1(C(=O)NCCn2cnc(C(=O)O)c2)CCCCC1. The van der Waals surface area contributed by atoms with Gasteiger partial charge in [0, 0.05) is 25.8 Å². The van der Waals surface area contributed by atoms with Crippen LogP contribution in [0.2, 0.25) is 0 Å². The van der Waals surface area contributed by atoms with Gasteiger partial charge in [0.15, 0.2) is 5.69 Å². The Balaban J connectivity index is 1.84. The molecule has 0 aliphatic heterocycles. The standard InChI is InChI=1S/C14H22N4O3/c15-9-14(4-2-1-3-5-14)13(21)16-6-7-18-8-11(12(19)20)17-10-18/h8,10H,1-7,9,15H2,(H,16,21)(H,19,20). The van der Waals surface area contributed by atoms with Crippen molar-refractivity contribution in [3.05, 3.63) is 18.2 Å². The number of hydrogen-bond donors (Lipinski definition) is 3. The Morgan fingerprint density at radius 3 is 2.67 bits per heavy atom. The number of nitrogens with two attached hydrogens (primary N) is 1. The van der Waals surface area contributed by atoms with Gasteiger partial charge in [0.25, 0.3) is 0 Å². The first kappa shape index (κ1) is 15.5. The van der Waals surface area contributed by atoms with Crippen LogP contribution >= 0.6 is 0 Å². The highest BCUT2D eigenvalue weighted by Gasteiger charge is 2.37. The van der Waals surface area contributed by atoms with Gasteiger partial charge in [-0.2, -0.15) is 0 Å². The predicted octanol–water partition coefficient (Wildman–Crippen LogP) is 0.607. The van der Waals surface area contributed by atoms with Crippen LogP contribution in [0.5, 0.6) is 0 Å². The lowest BCUT2D eigenvalue weighted by Crippen LogP contribution is -2.47. The molecule has 1 aliphatic carbocycles. The molecule has 4 N–H and O–H groups in total. The maximum atomic E-state index is 12.3. The number of nitrogens with zero attached hydrogens (tertiary/aromatic N) is 2. The fourth-order valence-corrected chi connectivity index (χ4v) is 2.83. The maximum Gasteiger partial charge on any atom is 0.356 e. The van der Waals surface area contributed by atoms with E-state index >= 15 is 0 Å². The highest BCUT2D eigenvalue weighted by Crippen LogP contribution is 2.35. The van der Waals surface area contributed by atoms with Crippen molar-refractivity contribution in [2.24, 2.45) is 11.1 Å². The number of imidazole rings is 1. The van der Waals surface area contributed by atoms with Crippen LogP contribution < -0.4 is 11.1 Å². The molecule has 2 rings (SSSR count). The Hall–Kier alpha value is -1.89. The first-order valence-corrected chi connectivity index (χ1v) is 7.31. The monoisotopic (exact) mass is 294 g/mol. The zero-order chi connectivity index (χ0) is 15.3. The highest BCUT2D eigenvalue weighted by molar-refractivity contribution is 5.85. The second-order valence-corrected chi connectivity index (χ2v) is 5.60. The fraction of sp³-hybridized carbons (Fsp3) is 0.643. The van der Waals surface area contributed by atoms with E-state index in [9.17, 15) is 9.59 Å². The molecule has 0 atom stereocenters. The van der Waals surface area contributed by atoms with E-state index in [-0.39, 0.29) is 11.6 Å². The largest absolute Gasteiger partial charge is 0.476 e. The van der Waals surface area contributed by atoms with Gasteiger partial charge >= 0.3 is 5.97 Å². The van der Waals surface area contributed by atoms with E-state index in [2.05, 4.69) is 10.3 Å². The normalized spacial score (nSPS) is 17.4. The van der Waals surface area contributed by atoms with Gasteiger partial charge in [0.05, 0.1) is 11.7 Å². The van der Waals surface area contributed by atoms with Crippen molar-refractivity contribution >= 4 is 11.9 Å². The van der Waals surface area contributed by atoms with Gasteiger partial charge < -0.3 is 20.7 Å². The molecule has 21 heavy (non-hydrogen) atoms. The summed E-state index contributed by atoms with van der Waals surface area (Å²) >= 11 is 0. The van der Waals surface area contributed by atoms with Crippen LogP contribution in [0.15, 0.2) is 12.5 Å². The lowest BCUT2D eigenvalue weighted by Gasteiger charge is -2.34. The van der Waals surface area contributed by atoms with Crippen molar-refractivity contribution in [1.82, 2.24) is 14.9 Å². The Morgan fingerprint density at radius 2 is 2.10 bits per heavy atom. The summed E-state index contributed by atoms with van der Waals surface area (Å²) in [5, 5.41) is 11.7. The van der Waals surface area contributed by atoms with E-state index < -0.39 is 11.4 Å². The Labute approximate surface area is 123 Å². The minimum absolute atomic E-state index is 0.00651. The third-order valence-corrected chi connectivity index (χ3v) is 4.19. The summed E-state index contributed by atoms with van der Waals surface area (Å²) in [5.41, 5.74) is 5.41. The van der Waals surface area contributed by atoms with E-state index in [4.69, 9.17) is 10.8 Å². The third kappa shape index (κ3) is 3.60. The minimum atomic E-state index is -1.05. The Kier molecular flexibility index (Phi) is 4.95. The van der Waals surface area contributed by atoms with E-state index in [1.165, 1.54) is 18.9 Å². The molecule has 1 aromatic rings. The molecule has 0 saturated heterocycles. The molecule has 1 aliphatic rings. The van der Waals surface area contributed by atoms with Gasteiger partial charge in [0.2, 0.25) is 5.91 Å². The number of rotatable bonds is 6. The molecule has 7 heteroatoms. The fourth-order valence-electron chi connectivity index (χ4n) is 2.83. The molecule has 0 unspecified atom stereocenters. The van der Waals surface area contributed by atoms with Gasteiger partial charge in [0.1, 0.15) is 0 Å². The first-order valence-electron chi connectivity index (χ1n) is 7.31. The van der Waals surface area contributed by atoms with Crippen molar-refractivity contribution in [3.8, 4) is 0 Å². The number of carboxylic acid groups (broad SMARTS) is 1. The predicted molar refractivity (Wildman–Crippen MR) is 76.8 cm³/mol. The number of carbonyl (C=O) groups is 2. The second-order valence-electron chi connectivity index (χ2n) is 5.60. The number of amides is 1. The van der Waals surface area contributed by atoms with Gasteiger partial charge in [-0.3, -0.25) is 4.79 Å². The summed E-state index contributed by atoms with van der Waals surface area (Å²) in [6, 6.07) is 0. The quantitative estimate of drug-likeness (QED) is 0.712. The summed E-state index contributed by atoms with van der Waals surface area (Å²) in [6.45, 7) is 1.32. The minimum Gasteiger partial charge on any atom is -0.476 e. The molecular weight excluding hydrogens is 272 g/mol. The summed E-state index contributed by atoms with van der Waals surface area (Å²) in [7, 11) is 0. The topological polar surface area (TPSA) is 110 Å². The number of aromatic nitrogens is 2. The van der Waals surface area contributed by atoms with E-state index in [0.29, 0.717) is 19.6 Å².